The van der Waals surface area contributed by atoms with Gasteiger partial charge in [-0.2, -0.15) is 0 Å². The maximum absolute atomic E-state index is 12.5. The molecule has 1 unspecified atom stereocenters. The maximum Gasteiger partial charge on any atom is 0.275 e. The number of aryl methyl sites for hydroxylation is 1. The van der Waals surface area contributed by atoms with Crippen LogP contribution in [0.5, 0.6) is 11.5 Å². The number of nitrogens with one attached hydrogen (secondary N) is 3. The van der Waals surface area contributed by atoms with E-state index in [1.807, 2.05) is 49.4 Å². The molecule has 3 rings (SSSR count). The average Bonchev–Trinajstić information content (AvgIpc) is 3.25. The third-order valence-electron chi connectivity index (χ3n) is 5.81. The first-order chi connectivity index (χ1) is 15.0. The van der Waals surface area contributed by atoms with E-state index in [1.54, 1.807) is 14.2 Å². The van der Waals surface area contributed by atoms with Crippen molar-refractivity contribution in [1.82, 2.24) is 5.32 Å². The minimum absolute atomic E-state index is 0.0410. The van der Waals surface area contributed by atoms with Gasteiger partial charge in [0.2, 0.25) is 5.91 Å². The summed E-state index contributed by atoms with van der Waals surface area (Å²) >= 11 is 0. The van der Waals surface area contributed by atoms with Crippen LogP contribution in [0, 0.1) is 0 Å². The number of para-hydroxylation sites is 1. The van der Waals surface area contributed by atoms with Crippen LogP contribution in [0.3, 0.4) is 0 Å². The van der Waals surface area contributed by atoms with Gasteiger partial charge in [-0.1, -0.05) is 25.1 Å². The lowest BCUT2D eigenvalue weighted by Crippen LogP contribution is -3.11. The highest BCUT2D eigenvalue weighted by Crippen LogP contribution is 2.31. The van der Waals surface area contributed by atoms with E-state index in [9.17, 15) is 9.59 Å². The van der Waals surface area contributed by atoms with Gasteiger partial charge in [0, 0.05) is 24.6 Å². The molecule has 7 heteroatoms. The number of rotatable bonds is 9. The molecule has 0 saturated carbocycles. The molecule has 1 heterocycles. The molecule has 0 aliphatic carbocycles. The Balaban J connectivity index is 1.56. The lowest BCUT2D eigenvalue weighted by atomic mass is 10.0. The summed E-state index contributed by atoms with van der Waals surface area (Å²) in [5.74, 6) is 1.17. The van der Waals surface area contributed by atoms with E-state index in [-0.39, 0.29) is 24.4 Å². The summed E-state index contributed by atoms with van der Waals surface area (Å²) in [6.07, 6.45) is 2.85. The van der Waals surface area contributed by atoms with Gasteiger partial charge in [-0.25, -0.2) is 0 Å². The van der Waals surface area contributed by atoms with E-state index in [2.05, 4.69) is 10.6 Å². The molecule has 0 spiro atoms. The number of amides is 2. The van der Waals surface area contributed by atoms with Crippen molar-refractivity contribution in [3.8, 4) is 11.5 Å². The molecular formula is C24H32N3O4+. The molecule has 1 aliphatic rings. The monoisotopic (exact) mass is 426 g/mol. The first kappa shape index (κ1) is 22.6. The second kappa shape index (κ2) is 10.8. The number of hydrogen-bond acceptors (Lipinski definition) is 4. The van der Waals surface area contributed by atoms with Crippen molar-refractivity contribution in [3.05, 3.63) is 53.6 Å². The topological polar surface area (TPSA) is 81.1 Å². The van der Waals surface area contributed by atoms with Crippen molar-refractivity contribution in [2.45, 2.75) is 32.2 Å². The van der Waals surface area contributed by atoms with Crippen LogP contribution in [-0.2, 0) is 16.0 Å². The van der Waals surface area contributed by atoms with E-state index in [0.717, 1.165) is 54.1 Å². The van der Waals surface area contributed by atoms with E-state index in [4.69, 9.17) is 9.47 Å². The molecule has 2 aromatic carbocycles. The lowest BCUT2D eigenvalue weighted by Gasteiger charge is -2.23. The first-order valence-electron chi connectivity index (χ1n) is 10.8. The molecule has 0 aromatic heterocycles. The Kier molecular flexibility index (Phi) is 7.89. The summed E-state index contributed by atoms with van der Waals surface area (Å²) in [4.78, 5) is 26.0. The Hall–Kier alpha value is -3.06. The summed E-state index contributed by atoms with van der Waals surface area (Å²) in [6.45, 7) is 3.22. The van der Waals surface area contributed by atoms with Crippen LogP contribution >= 0.6 is 0 Å². The van der Waals surface area contributed by atoms with Crippen molar-refractivity contribution < 1.29 is 24.0 Å². The number of hydrogen-bond donors (Lipinski definition) is 3. The molecule has 166 valence electrons. The smallest absolute Gasteiger partial charge is 0.275 e. The molecule has 3 N–H and O–H groups in total. The van der Waals surface area contributed by atoms with Crippen LogP contribution in [0.25, 0.3) is 0 Å². The Bertz CT molecular complexity index is 915. The number of quaternary nitrogens is 1. The zero-order valence-electron chi connectivity index (χ0n) is 18.5. The zero-order valence-corrected chi connectivity index (χ0v) is 18.5. The number of benzene rings is 2. The van der Waals surface area contributed by atoms with Gasteiger partial charge in [0.15, 0.2) is 6.54 Å². The largest absolute Gasteiger partial charge is 0.497 e. The minimum atomic E-state index is -0.223. The summed E-state index contributed by atoms with van der Waals surface area (Å²) in [6, 6.07) is 13.7. The predicted molar refractivity (Wildman–Crippen MR) is 120 cm³/mol. The van der Waals surface area contributed by atoms with Gasteiger partial charge in [-0.15, -0.1) is 0 Å². The Morgan fingerprint density at radius 3 is 2.65 bits per heavy atom. The Labute approximate surface area is 183 Å². The van der Waals surface area contributed by atoms with Crippen molar-refractivity contribution in [2.75, 3.05) is 39.2 Å². The van der Waals surface area contributed by atoms with Gasteiger partial charge in [-0.05, 0) is 30.2 Å². The fourth-order valence-electron chi connectivity index (χ4n) is 4.20. The second-order valence-corrected chi connectivity index (χ2v) is 7.72. The molecule has 7 nitrogen and oxygen atoms in total. The molecule has 0 bridgehead atoms. The number of likely N-dealkylation sites (tertiary alicyclic amines) is 1. The normalized spacial score (nSPS) is 17.8. The third-order valence-corrected chi connectivity index (χ3v) is 5.81. The first-order valence-corrected chi connectivity index (χ1v) is 10.8. The number of anilines is 1. The standard InChI is InChI=1S/C24H31N3O4/c1-4-17-8-5-6-9-20(17)26-23(28)15-25-24(29)16-27-13-7-10-21(27)19-12-11-18(30-2)14-22(19)31-3/h5-6,8-9,11-12,14,21H,4,7,10,13,15-16H2,1-3H3,(H,25,29)(H,26,28)/p+1/t21-/m1/s1. The fraction of sp³-hybridized carbons (Fsp3) is 0.417. The van der Waals surface area contributed by atoms with Crippen LogP contribution in [0.15, 0.2) is 42.5 Å². The third kappa shape index (κ3) is 5.76. The summed E-state index contributed by atoms with van der Waals surface area (Å²) in [7, 11) is 3.28. The van der Waals surface area contributed by atoms with Gasteiger partial charge < -0.3 is 25.0 Å². The van der Waals surface area contributed by atoms with E-state index < -0.39 is 0 Å². The zero-order chi connectivity index (χ0) is 22.2. The molecule has 2 aromatic rings. The van der Waals surface area contributed by atoms with Crippen LogP contribution < -0.4 is 25.0 Å². The van der Waals surface area contributed by atoms with Gasteiger partial charge in [0.05, 0.1) is 32.9 Å². The molecule has 2 amide bonds. The van der Waals surface area contributed by atoms with Crippen LogP contribution in [0.4, 0.5) is 5.69 Å². The average molecular weight is 427 g/mol. The summed E-state index contributed by atoms with van der Waals surface area (Å²) in [5.41, 5.74) is 2.94. The minimum Gasteiger partial charge on any atom is -0.497 e. The lowest BCUT2D eigenvalue weighted by molar-refractivity contribution is -0.910. The van der Waals surface area contributed by atoms with Gasteiger partial charge in [0.1, 0.15) is 17.5 Å². The molecule has 0 radical (unpaired) electrons. The summed E-state index contributed by atoms with van der Waals surface area (Å²) in [5, 5.41) is 5.64. The van der Waals surface area contributed by atoms with Gasteiger partial charge in [-0.3, -0.25) is 9.59 Å². The van der Waals surface area contributed by atoms with Crippen molar-refractivity contribution in [1.29, 1.82) is 0 Å². The number of methoxy groups -OCH3 is 2. The highest BCUT2D eigenvalue weighted by Gasteiger charge is 2.33. The maximum atomic E-state index is 12.5. The van der Waals surface area contributed by atoms with Gasteiger partial charge in [0.25, 0.3) is 5.91 Å². The Morgan fingerprint density at radius 1 is 1.10 bits per heavy atom. The van der Waals surface area contributed by atoms with Crippen LogP contribution in [0.2, 0.25) is 0 Å². The van der Waals surface area contributed by atoms with Crippen molar-refractivity contribution in [3.63, 3.8) is 0 Å². The van der Waals surface area contributed by atoms with Gasteiger partial charge >= 0.3 is 0 Å². The fourth-order valence-corrected chi connectivity index (χ4v) is 4.20. The summed E-state index contributed by atoms with van der Waals surface area (Å²) < 4.78 is 10.8. The Morgan fingerprint density at radius 2 is 1.90 bits per heavy atom. The molecule has 31 heavy (non-hydrogen) atoms. The van der Waals surface area contributed by atoms with Crippen molar-refractivity contribution in [2.24, 2.45) is 0 Å². The molecular weight excluding hydrogens is 394 g/mol. The quantitative estimate of drug-likeness (QED) is 0.571. The van der Waals surface area contributed by atoms with E-state index in [0.29, 0.717) is 6.54 Å². The highest BCUT2D eigenvalue weighted by atomic mass is 16.5. The van der Waals surface area contributed by atoms with Crippen LogP contribution in [-0.4, -0.2) is 45.7 Å². The number of carbonyl (C=O) groups excluding carboxylic acids is 2. The predicted octanol–water partition coefficient (Wildman–Crippen LogP) is 1.74. The number of carbonyl (C=O) groups is 2. The van der Waals surface area contributed by atoms with Crippen LogP contribution in [0.1, 0.15) is 36.9 Å². The van der Waals surface area contributed by atoms with E-state index in [1.165, 1.54) is 4.90 Å². The van der Waals surface area contributed by atoms with E-state index >= 15 is 0 Å². The SMILES string of the molecule is CCc1ccccc1NC(=O)CNC(=O)C[NH+]1CCC[C@@H]1c1ccc(OC)cc1OC. The molecule has 1 saturated heterocycles. The molecule has 1 fully saturated rings. The molecule has 2 atom stereocenters. The second-order valence-electron chi connectivity index (χ2n) is 7.72. The van der Waals surface area contributed by atoms with Crippen molar-refractivity contribution >= 4 is 17.5 Å². The molecule has 1 aliphatic heterocycles. The number of ether oxygens (including phenoxy) is 2. The highest BCUT2D eigenvalue weighted by molar-refractivity contribution is 5.95.